The zero-order valence-corrected chi connectivity index (χ0v) is 12.6. The van der Waals surface area contributed by atoms with Crippen LogP contribution < -0.4 is 0 Å². The van der Waals surface area contributed by atoms with E-state index in [0.29, 0.717) is 17.6 Å². The Labute approximate surface area is 128 Å². The van der Waals surface area contributed by atoms with E-state index in [0.717, 1.165) is 37.8 Å². The van der Waals surface area contributed by atoms with E-state index < -0.39 is 11.7 Å². The van der Waals surface area contributed by atoms with Crippen molar-refractivity contribution in [2.45, 2.75) is 50.4 Å². The highest BCUT2D eigenvalue weighted by Crippen LogP contribution is 2.37. The van der Waals surface area contributed by atoms with Crippen molar-refractivity contribution in [3.8, 4) is 0 Å². The molecule has 0 radical (unpaired) electrons. The van der Waals surface area contributed by atoms with Crippen LogP contribution in [-0.4, -0.2) is 29.8 Å². The molecule has 5 heteroatoms. The topological polar surface area (TPSA) is 20.3 Å². The minimum atomic E-state index is -4.36. The number of fused-ring (bicyclic) bond motifs is 2. The monoisotopic (exact) mass is 311 g/mol. The predicted octanol–water partition coefficient (Wildman–Crippen LogP) is 4.15. The van der Waals surface area contributed by atoms with Crippen molar-refractivity contribution >= 4 is 5.78 Å². The summed E-state index contributed by atoms with van der Waals surface area (Å²) in [7, 11) is 2.12. The van der Waals surface area contributed by atoms with Crippen LogP contribution in [0.25, 0.3) is 0 Å². The third-order valence-electron chi connectivity index (χ3n) is 5.21. The van der Waals surface area contributed by atoms with Crippen LogP contribution in [-0.2, 0) is 6.18 Å². The van der Waals surface area contributed by atoms with E-state index in [9.17, 15) is 18.0 Å². The molecule has 22 heavy (non-hydrogen) atoms. The van der Waals surface area contributed by atoms with Gasteiger partial charge in [-0.25, -0.2) is 0 Å². The average Bonchev–Trinajstić information content (AvgIpc) is 2.45. The maximum atomic E-state index is 12.6. The van der Waals surface area contributed by atoms with Crippen LogP contribution in [0.1, 0.15) is 48.0 Å². The molecule has 0 saturated carbocycles. The number of nitrogens with zero attached hydrogens (tertiary/aromatic N) is 1. The van der Waals surface area contributed by atoms with Gasteiger partial charge in [0.2, 0.25) is 0 Å². The molecule has 2 aliphatic heterocycles. The largest absolute Gasteiger partial charge is 0.416 e. The summed E-state index contributed by atoms with van der Waals surface area (Å²) >= 11 is 0. The molecule has 2 fully saturated rings. The number of halogens is 3. The summed E-state index contributed by atoms with van der Waals surface area (Å²) < 4.78 is 37.8. The molecule has 2 bridgehead atoms. The van der Waals surface area contributed by atoms with Crippen molar-refractivity contribution in [1.29, 1.82) is 0 Å². The lowest BCUT2D eigenvalue weighted by Crippen LogP contribution is -2.51. The minimum Gasteiger partial charge on any atom is -0.300 e. The van der Waals surface area contributed by atoms with Crippen molar-refractivity contribution < 1.29 is 18.0 Å². The first-order chi connectivity index (χ1) is 10.4. The molecule has 0 amide bonds. The fourth-order valence-electron chi connectivity index (χ4n) is 3.89. The molecule has 0 spiro atoms. The van der Waals surface area contributed by atoms with Crippen LogP contribution in [0.15, 0.2) is 24.3 Å². The highest BCUT2D eigenvalue weighted by Gasteiger charge is 2.39. The Hall–Kier alpha value is -1.36. The average molecular weight is 311 g/mol. The van der Waals surface area contributed by atoms with Gasteiger partial charge in [-0.1, -0.05) is 18.6 Å². The summed E-state index contributed by atoms with van der Waals surface area (Å²) in [4.78, 5) is 15.0. The molecule has 2 aliphatic rings. The van der Waals surface area contributed by atoms with Gasteiger partial charge < -0.3 is 4.90 Å². The molecule has 2 atom stereocenters. The van der Waals surface area contributed by atoms with Gasteiger partial charge in [0.1, 0.15) is 0 Å². The number of ketones is 1. The van der Waals surface area contributed by atoms with E-state index in [1.807, 2.05) is 0 Å². The van der Waals surface area contributed by atoms with E-state index in [1.165, 1.54) is 18.6 Å². The highest BCUT2D eigenvalue weighted by atomic mass is 19.4. The third kappa shape index (κ3) is 2.91. The maximum absolute atomic E-state index is 12.6. The summed E-state index contributed by atoms with van der Waals surface area (Å²) in [6.07, 6.45) is 0.736. The van der Waals surface area contributed by atoms with Gasteiger partial charge in [-0.2, -0.15) is 13.2 Å². The molecule has 3 rings (SSSR count). The number of piperidine rings is 2. The Kier molecular flexibility index (Phi) is 4.02. The Morgan fingerprint density at radius 2 is 1.64 bits per heavy atom. The SMILES string of the molecule is CN1C2CCCC1CC(C(=O)c1ccc(C(F)(F)F)cc1)C2. The summed E-state index contributed by atoms with van der Waals surface area (Å²) in [6, 6.07) is 5.52. The zero-order chi connectivity index (χ0) is 15.9. The first-order valence-electron chi connectivity index (χ1n) is 7.79. The lowest BCUT2D eigenvalue weighted by atomic mass is 9.76. The fraction of sp³-hybridized carbons (Fsp3) is 0.588. The number of carbonyl (C=O) groups is 1. The zero-order valence-electron chi connectivity index (χ0n) is 12.6. The second-order valence-electron chi connectivity index (χ2n) is 6.51. The first kappa shape index (κ1) is 15.5. The number of alkyl halides is 3. The van der Waals surface area contributed by atoms with E-state index in [2.05, 4.69) is 11.9 Å². The number of benzene rings is 1. The minimum absolute atomic E-state index is 0.00118. The number of rotatable bonds is 2. The first-order valence-corrected chi connectivity index (χ1v) is 7.79. The molecule has 0 aromatic heterocycles. The second kappa shape index (κ2) is 5.69. The molecule has 0 aliphatic carbocycles. The van der Waals surface area contributed by atoms with Gasteiger partial charge in [0.15, 0.2) is 5.78 Å². The van der Waals surface area contributed by atoms with Gasteiger partial charge >= 0.3 is 6.18 Å². The number of hydrogen-bond acceptors (Lipinski definition) is 2. The van der Waals surface area contributed by atoms with Gasteiger partial charge in [0, 0.05) is 23.6 Å². The van der Waals surface area contributed by atoms with E-state index in [4.69, 9.17) is 0 Å². The molecule has 2 saturated heterocycles. The van der Waals surface area contributed by atoms with Crippen molar-refractivity contribution in [3.63, 3.8) is 0 Å². The Morgan fingerprint density at radius 1 is 1.09 bits per heavy atom. The van der Waals surface area contributed by atoms with Gasteiger partial charge in [0.25, 0.3) is 0 Å². The number of carbonyl (C=O) groups excluding carboxylic acids is 1. The second-order valence-corrected chi connectivity index (χ2v) is 6.51. The number of Topliss-reactive ketones (excluding diaryl/α,β-unsaturated/α-hetero) is 1. The van der Waals surface area contributed by atoms with Crippen molar-refractivity contribution in [2.75, 3.05) is 7.05 Å². The van der Waals surface area contributed by atoms with Gasteiger partial charge in [-0.15, -0.1) is 0 Å². The normalized spacial score (nSPS) is 29.4. The molecule has 2 nitrogen and oxygen atoms in total. The van der Waals surface area contributed by atoms with Crippen LogP contribution in [0.2, 0.25) is 0 Å². The van der Waals surface area contributed by atoms with Gasteiger partial charge in [0.05, 0.1) is 5.56 Å². The molecular formula is C17H20F3NO. The molecule has 0 N–H and O–H groups in total. The molecule has 1 aromatic carbocycles. The molecule has 1 aromatic rings. The molecule has 120 valence electrons. The highest BCUT2D eigenvalue weighted by molar-refractivity contribution is 5.98. The van der Waals surface area contributed by atoms with E-state index in [-0.39, 0.29) is 11.7 Å². The summed E-state index contributed by atoms with van der Waals surface area (Å²) in [6.45, 7) is 0. The number of hydrogen-bond donors (Lipinski definition) is 0. The van der Waals surface area contributed by atoms with Crippen molar-refractivity contribution in [1.82, 2.24) is 4.90 Å². The lowest BCUT2D eigenvalue weighted by Gasteiger charge is -2.46. The summed E-state index contributed by atoms with van der Waals surface area (Å²) in [5, 5.41) is 0. The Morgan fingerprint density at radius 3 is 2.14 bits per heavy atom. The predicted molar refractivity (Wildman–Crippen MR) is 77.7 cm³/mol. The van der Waals surface area contributed by atoms with Crippen LogP contribution in [0.3, 0.4) is 0 Å². The smallest absolute Gasteiger partial charge is 0.300 e. The summed E-state index contributed by atoms with van der Waals surface area (Å²) in [5.74, 6) is -0.0537. The van der Waals surface area contributed by atoms with Gasteiger partial charge in [-0.3, -0.25) is 4.79 Å². The van der Waals surface area contributed by atoms with Crippen LogP contribution in [0.5, 0.6) is 0 Å². The molecular weight excluding hydrogens is 291 g/mol. The fourth-order valence-corrected chi connectivity index (χ4v) is 3.89. The maximum Gasteiger partial charge on any atom is 0.416 e. The molecule has 2 heterocycles. The summed E-state index contributed by atoms with van der Waals surface area (Å²) in [5.41, 5.74) is -0.301. The van der Waals surface area contributed by atoms with Crippen LogP contribution in [0.4, 0.5) is 13.2 Å². The van der Waals surface area contributed by atoms with Crippen molar-refractivity contribution in [3.05, 3.63) is 35.4 Å². The van der Waals surface area contributed by atoms with Crippen molar-refractivity contribution in [2.24, 2.45) is 5.92 Å². The Balaban J connectivity index is 1.74. The molecule has 2 unspecified atom stereocenters. The quantitative estimate of drug-likeness (QED) is 0.765. The lowest BCUT2D eigenvalue weighted by molar-refractivity contribution is -0.137. The van der Waals surface area contributed by atoms with Gasteiger partial charge in [-0.05, 0) is 44.9 Å². The standard InChI is InChI=1S/C17H20F3NO/c1-21-14-3-2-4-15(21)10-12(9-14)16(22)11-5-7-13(8-6-11)17(18,19)20/h5-8,12,14-15H,2-4,9-10H2,1H3. The van der Waals surface area contributed by atoms with E-state index >= 15 is 0 Å². The van der Waals surface area contributed by atoms with Crippen LogP contribution >= 0.6 is 0 Å². The van der Waals surface area contributed by atoms with E-state index in [1.54, 1.807) is 0 Å². The third-order valence-corrected chi connectivity index (χ3v) is 5.21. The Bertz CT molecular complexity index is 538. The van der Waals surface area contributed by atoms with Crippen LogP contribution in [0, 0.1) is 5.92 Å².